The Morgan fingerprint density at radius 3 is 2.84 bits per heavy atom. The molecule has 0 saturated carbocycles. The van der Waals surface area contributed by atoms with Crippen molar-refractivity contribution < 1.29 is 5.11 Å². The molecule has 1 unspecified atom stereocenters. The van der Waals surface area contributed by atoms with Crippen LogP contribution in [-0.2, 0) is 0 Å². The lowest BCUT2D eigenvalue weighted by Crippen LogP contribution is -2.33. The number of aliphatic hydroxyl groups is 1. The lowest BCUT2D eigenvalue weighted by Gasteiger charge is -2.27. The highest BCUT2D eigenvalue weighted by Crippen LogP contribution is 2.38. The van der Waals surface area contributed by atoms with Crippen LogP contribution in [-0.4, -0.2) is 47.0 Å². The molecule has 1 aliphatic heterocycles. The van der Waals surface area contributed by atoms with Crippen molar-refractivity contribution in [2.75, 3.05) is 30.8 Å². The SMILES string of the molecule is C/N=C/c1c(-c2nc(-c3nccs3)cc(N)c2C#N)cccc1N1CCC(C(C)(C)O)C1. The van der Waals surface area contributed by atoms with Crippen LogP contribution >= 0.6 is 11.3 Å². The normalized spacial score (nSPS) is 16.6. The topological polar surface area (TPSA) is 111 Å². The summed E-state index contributed by atoms with van der Waals surface area (Å²) in [6.45, 7) is 5.31. The van der Waals surface area contributed by atoms with E-state index in [9.17, 15) is 10.4 Å². The molecule has 0 spiro atoms. The van der Waals surface area contributed by atoms with E-state index in [2.05, 4.69) is 20.9 Å². The molecule has 32 heavy (non-hydrogen) atoms. The van der Waals surface area contributed by atoms with E-state index in [1.807, 2.05) is 37.4 Å². The van der Waals surface area contributed by atoms with Gasteiger partial charge in [0.15, 0.2) is 0 Å². The van der Waals surface area contributed by atoms with E-state index in [0.29, 0.717) is 22.6 Å². The van der Waals surface area contributed by atoms with Crippen molar-refractivity contribution >= 4 is 28.9 Å². The molecular weight excluding hydrogens is 420 g/mol. The molecule has 0 radical (unpaired) electrons. The van der Waals surface area contributed by atoms with E-state index in [0.717, 1.165) is 41.3 Å². The molecule has 4 rings (SSSR count). The fourth-order valence-corrected chi connectivity index (χ4v) is 4.79. The van der Waals surface area contributed by atoms with Gasteiger partial charge in [-0.15, -0.1) is 11.3 Å². The molecule has 7 nitrogen and oxygen atoms in total. The van der Waals surface area contributed by atoms with Crippen LogP contribution < -0.4 is 10.6 Å². The first-order valence-corrected chi connectivity index (χ1v) is 11.3. The zero-order chi connectivity index (χ0) is 22.9. The Kier molecular flexibility index (Phi) is 5.96. The van der Waals surface area contributed by atoms with Crippen molar-refractivity contribution in [3.63, 3.8) is 0 Å². The number of aromatic nitrogens is 2. The molecule has 0 aliphatic carbocycles. The minimum Gasteiger partial charge on any atom is -0.398 e. The minimum absolute atomic E-state index is 0.175. The summed E-state index contributed by atoms with van der Waals surface area (Å²) in [5.41, 5.74) is 10.1. The van der Waals surface area contributed by atoms with Crippen LogP contribution in [0.2, 0.25) is 0 Å². The van der Waals surface area contributed by atoms with Crippen molar-refractivity contribution in [1.29, 1.82) is 5.26 Å². The number of anilines is 2. The van der Waals surface area contributed by atoms with Gasteiger partial charge in [-0.3, -0.25) is 4.99 Å². The largest absolute Gasteiger partial charge is 0.398 e. The van der Waals surface area contributed by atoms with Crippen molar-refractivity contribution in [3.05, 3.63) is 47.0 Å². The highest BCUT2D eigenvalue weighted by Gasteiger charge is 2.34. The minimum atomic E-state index is -0.739. The zero-order valence-corrected chi connectivity index (χ0v) is 19.2. The first-order chi connectivity index (χ1) is 15.3. The van der Waals surface area contributed by atoms with Crippen molar-refractivity contribution in [3.8, 4) is 28.0 Å². The number of hydrogen-bond acceptors (Lipinski definition) is 8. The van der Waals surface area contributed by atoms with Gasteiger partial charge in [0.05, 0.1) is 17.0 Å². The third-order valence-corrected chi connectivity index (χ3v) is 6.73. The Labute approximate surface area is 191 Å². The Hall–Kier alpha value is -3.28. The molecule has 0 amide bonds. The van der Waals surface area contributed by atoms with E-state index in [1.165, 1.54) is 11.3 Å². The fourth-order valence-electron chi connectivity index (χ4n) is 4.19. The summed E-state index contributed by atoms with van der Waals surface area (Å²) in [6, 6.07) is 9.88. The summed E-state index contributed by atoms with van der Waals surface area (Å²) < 4.78 is 0. The summed E-state index contributed by atoms with van der Waals surface area (Å²) in [6.07, 6.45) is 4.43. The number of rotatable bonds is 5. The molecule has 2 aromatic heterocycles. The van der Waals surface area contributed by atoms with Crippen LogP contribution in [0.1, 0.15) is 31.4 Å². The number of nitrogen functional groups attached to an aromatic ring is 1. The van der Waals surface area contributed by atoms with Crippen LogP contribution in [0.4, 0.5) is 11.4 Å². The standard InChI is InChI=1S/C24H26N6OS/c1-24(2,31)15-7-9-30(14-15)21-6-4-5-16(18(21)13-27-3)22-17(12-25)19(26)11-20(29-22)23-28-8-10-32-23/h4-6,8,10-11,13,15,31H,7,9,14H2,1-3H3,(H2,26,29)/b27-13+. The molecular formula is C24H26N6OS. The predicted octanol–water partition coefficient (Wildman–Crippen LogP) is 3.97. The lowest BCUT2D eigenvalue weighted by molar-refractivity contribution is 0.0263. The predicted molar refractivity (Wildman–Crippen MR) is 130 cm³/mol. The number of benzene rings is 1. The second-order valence-corrected chi connectivity index (χ2v) is 9.37. The number of thiazole rings is 1. The van der Waals surface area contributed by atoms with Gasteiger partial charge >= 0.3 is 0 Å². The van der Waals surface area contributed by atoms with Crippen molar-refractivity contribution in [2.45, 2.75) is 25.9 Å². The number of nitrogens with zero attached hydrogens (tertiary/aromatic N) is 5. The lowest BCUT2D eigenvalue weighted by atomic mass is 9.90. The van der Waals surface area contributed by atoms with Gasteiger partial charge in [0.25, 0.3) is 0 Å². The highest BCUT2D eigenvalue weighted by atomic mass is 32.1. The van der Waals surface area contributed by atoms with Gasteiger partial charge in [-0.2, -0.15) is 5.26 Å². The maximum absolute atomic E-state index is 10.5. The highest BCUT2D eigenvalue weighted by molar-refractivity contribution is 7.13. The molecule has 1 fully saturated rings. The van der Waals surface area contributed by atoms with E-state index in [1.54, 1.807) is 25.5 Å². The number of nitriles is 1. The van der Waals surface area contributed by atoms with Gasteiger partial charge < -0.3 is 15.7 Å². The van der Waals surface area contributed by atoms with Crippen LogP contribution in [0.5, 0.6) is 0 Å². The van der Waals surface area contributed by atoms with E-state index in [-0.39, 0.29) is 5.92 Å². The number of hydrogen-bond donors (Lipinski definition) is 2. The average Bonchev–Trinajstić information content (AvgIpc) is 3.46. The fraction of sp³-hybridized carbons (Fsp3) is 0.333. The summed E-state index contributed by atoms with van der Waals surface area (Å²) in [5.74, 6) is 0.175. The number of aliphatic imine (C=N–C) groups is 1. The van der Waals surface area contributed by atoms with Gasteiger partial charge in [-0.1, -0.05) is 12.1 Å². The Balaban J connectivity index is 1.87. The first-order valence-electron chi connectivity index (χ1n) is 10.5. The van der Waals surface area contributed by atoms with E-state index in [4.69, 9.17) is 10.7 Å². The quantitative estimate of drug-likeness (QED) is 0.574. The monoisotopic (exact) mass is 446 g/mol. The second kappa shape index (κ2) is 8.69. The molecule has 1 atom stereocenters. The summed E-state index contributed by atoms with van der Waals surface area (Å²) in [5, 5.41) is 23.0. The van der Waals surface area contributed by atoms with Gasteiger partial charge in [0, 0.05) is 60.7 Å². The van der Waals surface area contributed by atoms with E-state index >= 15 is 0 Å². The molecule has 164 valence electrons. The van der Waals surface area contributed by atoms with Gasteiger partial charge in [0.1, 0.15) is 22.3 Å². The molecule has 1 aliphatic rings. The molecule has 1 aromatic carbocycles. The van der Waals surface area contributed by atoms with Crippen LogP contribution in [0.25, 0.3) is 22.0 Å². The van der Waals surface area contributed by atoms with Crippen LogP contribution in [0.3, 0.4) is 0 Å². The third kappa shape index (κ3) is 4.09. The molecule has 1 saturated heterocycles. The van der Waals surface area contributed by atoms with Crippen LogP contribution in [0, 0.1) is 17.2 Å². The molecule has 3 N–H and O–H groups in total. The van der Waals surface area contributed by atoms with Crippen molar-refractivity contribution in [2.24, 2.45) is 10.9 Å². The van der Waals surface area contributed by atoms with Gasteiger partial charge in [0.2, 0.25) is 0 Å². The number of nitrogens with two attached hydrogens (primary N) is 1. The van der Waals surface area contributed by atoms with Crippen molar-refractivity contribution in [1.82, 2.24) is 9.97 Å². The molecule has 3 aromatic rings. The average molecular weight is 447 g/mol. The van der Waals surface area contributed by atoms with Gasteiger partial charge in [-0.25, -0.2) is 9.97 Å². The van der Waals surface area contributed by atoms with Gasteiger partial charge in [-0.05, 0) is 32.4 Å². The maximum Gasteiger partial charge on any atom is 0.141 e. The maximum atomic E-state index is 10.5. The van der Waals surface area contributed by atoms with Crippen LogP contribution in [0.15, 0.2) is 40.8 Å². The Bertz CT molecular complexity index is 1190. The Morgan fingerprint density at radius 1 is 1.41 bits per heavy atom. The smallest absolute Gasteiger partial charge is 0.141 e. The molecule has 3 heterocycles. The number of pyridine rings is 1. The Morgan fingerprint density at radius 2 is 2.22 bits per heavy atom. The first kappa shape index (κ1) is 21.9. The third-order valence-electron chi connectivity index (χ3n) is 5.94. The zero-order valence-electron chi connectivity index (χ0n) is 18.4. The summed E-state index contributed by atoms with van der Waals surface area (Å²) >= 11 is 1.47. The molecule has 8 heteroatoms. The molecule has 0 bridgehead atoms. The summed E-state index contributed by atoms with van der Waals surface area (Å²) in [7, 11) is 1.73. The van der Waals surface area contributed by atoms with E-state index < -0.39 is 5.60 Å². The second-order valence-electron chi connectivity index (χ2n) is 8.48. The summed E-state index contributed by atoms with van der Waals surface area (Å²) in [4.78, 5) is 15.7.